The van der Waals surface area contributed by atoms with Crippen LogP contribution in [0.2, 0.25) is 0 Å². The Morgan fingerprint density at radius 1 is 0.723 bits per heavy atom. The van der Waals surface area contributed by atoms with E-state index in [4.69, 9.17) is 4.98 Å². The van der Waals surface area contributed by atoms with E-state index in [-0.39, 0.29) is 23.9 Å². The van der Waals surface area contributed by atoms with Gasteiger partial charge in [-0.3, -0.25) is 9.59 Å². The lowest BCUT2D eigenvalue weighted by molar-refractivity contribution is -0.120. The largest absolute Gasteiger partial charge is 0.352 e. The van der Waals surface area contributed by atoms with Gasteiger partial charge in [-0.2, -0.15) is 0 Å². The summed E-state index contributed by atoms with van der Waals surface area (Å²) in [6, 6.07) is 26.5. The Labute approximate surface area is 275 Å². The van der Waals surface area contributed by atoms with Crippen molar-refractivity contribution in [2.45, 2.75) is 64.7 Å². The van der Waals surface area contributed by atoms with E-state index >= 15 is 0 Å². The van der Waals surface area contributed by atoms with Crippen molar-refractivity contribution in [3.05, 3.63) is 102 Å². The van der Waals surface area contributed by atoms with Crippen LogP contribution >= 0.6 is 0 Å². The summed E-state index contributed by atoms with van der Waals surface area (Å²) in [5.74, 6) is 1.01. The molecule has 240 valence electrons. The molecule has 2 saturated heterocycles. The van der Waals surface area contributed by atoms with Crippen LogP contribution < -0.4 is 21.3 Å². The fourth-order valence-corrected chi connectivity index (χ4v) is 6.86. The smallest absolute Gasteiger partial charge is 0.220 e. The van der Waals surface area contributed by atoms with Gasteiger partial charge in [-0.15, -0.1) is 5.10 Å². The van der Waals surface area contributed by atoms with Crippen molar-refractivity contribution >= 4 is 17.5 Å². The minimum Gasteiger partial charge on any atom is -0.352 e. The monoisotopic (exact) mass is 627 g/mol. The fraction of sp³-hybridized carbons (Fsp3) is 0.316. The molecule has 0 unspecified atom stereocenters. The van der Waals surface area contributed by atoms with Crippen LogP contribution in [0, 0.1) is 13.8 Å². The second kappa shape index (κ2) is 13.5. The molecule has 0 aliphatic carbocycles. The molecule has 2 atom stereocenters. The van der Waals surface area contributed by atoms with Gasteiger partial charge >= 0.3 is 0 Å². The zero-order chi connectivity index (χ0) is 32.3. The van der Waals surface area contributed by atoms with Crippen molar-refractivity contribution in [3.63, 3.8) is 0 Å². The summed E-state index contributed by atoms with van der Waals surface area (Å²) in [5, 5.41) is 17.5. The number of fused-ring (bicyclic) bond motifs is 1. The molecule has 47 heavy (non-hydrogen) atoms. The normalized spacial score (nSPS) is 17.7. The number of carbonyl (C=O) groups excluding carboxylic acids is 2. The van der Waals surface area contributed by atoms with Gasteiger partial charge in [0.05, 0.1) is 6.54 Å². The highest BCUT2D eigenvalue weighted by atomic mass is 16.2. The van der Waals surface area contributed by atoms with E-state index in [1.807, 2.05) is 10.7 Å². The summed E-state index contributed by atoms with van der Waals surface area (Å²) < 4.78 is 1.82. The Balaban J connectivity index is 1.06. The number of nitrogens with one attached hydrogen (secondary N) is 4. The molecule has 7 rings (SSSR count). The van der Waals surface area contributed by atoms with Crippen molar-refractivity contribution < 1.29 is 9.59 Å². The standard InChI is InChI=1S/C38H41N7O2/c1-24-31(27-11-9-26(10-12-27)20-39-21-29-13-15-37(46)41-29)5-3-7-33(24)34-8-4-6-32(25(34)2)28-17-18-45-36(19-28)43-35(44-45)23-40-22-30-14-16-38(47)42-30/h3-12,17-19,29-30,39-40H,13-16,20-23H2,1-2H3,(H,41,46)(H,42,47)/t29-,30-/m0/s1. The molecule has 5 aromatic rings. The highest BCUT2D eigenvalue weighted by Crippen LogP contribution is 2.37. The maximum atomic E-state index is 11.5. The van der Waals surface area contributed by atoms with E-state index in [2.05, 4.69) is 113 Å². The summed E-state index contributed by atoms with van der Waals surface area (Å²) >= 11 is 0. The highest BCUT2D eigenvalue weighted by molar-refractivity contribution is 5.84. The molecule has 9 heteroatoms. The van der Waals surface area contributed by atoms with Gasteiger partial charge in [0.15, 0.2) is 11.5 Å². The Kier molecular flexibility index (Phi) is 8.82. The first-order valence-electron chi connectivity index (χ1n) is 16.6. The van der Waals surface area contributed by atoms with Crippen LogP contribution in [0.15, 0.2) is 79.0 Å². The minimum absolute atomic E-state index is 0.126. The molecule has 2 aromatic heterocycles. The van der Waals surface area contributed by atoms with Gasteiger partial charge < -0.3 is 21.3 Å². The van der Waals surface area contributed by atoms with Crippen molar-refractivity contribution in [2.24, 2.45) is 0 Å². The van der Waals surface area contributed by atoms with Crippen molar-refractivity contribution in [1.29, 1.82) is 0 Å². The third kappa shape index (κ3) is 6.82. The highest BCUT2D eigenvalue weighted by Gasteiger charge is 2.21. The van der Waals surface area contributed by atoms with Crippen LogP contribution in [0.4, 0.5) is 0 Å². The molecule has 2 amide bonds. The first kappa shape index (κ1) is 30.8. The van der Waals surface area contributed by atoms with Crippen LogP contribution in [0.5, 0.6) is 0 Å². The topological polar surface area (TPSA) is 112 Å². The van der Waals surface area contributed by atoms with Crippen molar-refractivity contribution in [1.82, 2.24) is 35.9 Å². The van der Waals surface area contributed by atoms with Crippen LogP contribution in [-0.2, 0) is 22.7 Å². The summed E-state index contributed by atoms with van der Waals surface area (Å²) in [4.78, 5) is 27.7. The predicted octanol–water partition coefficient (Wildman–Crippen LogP) is 5.08. The molecule has 0 radical (unpaired) electrons. The van der Waals surface area contributed by atoms with Crippen LogP contribution in [0.3, 0.4) is 0 Å². The summed E-state index contributed by atoms with van der Waals surface area (Å²) in [6.45, 7) is 7.24. The van der Waals surface area contributed by atoms with E-state index in [9.17, 15) is 9.59 Å². The number of benzene rings is 3. The van der Waals surface area contributed by atoms with Crippen LogP contribution in [-0.4, -0.2) is 51.6 Å². The van der Waals surface area contributed by atoms with Crippen molar-refractivity contribution in [2.75, 3.05) is 13.1 Å². The first-order valence-corrected chi connectivity index (χ1v) is 16.6. The second-order valence-electron chi connectivity index (χ2n) is 12.8. The van der Waals surface area contributed by atoms with Gasteiger partial charge in [0.2, 0.25) is 11.8 Å². The lowest BCUT2D eigenvalue weighted by Crippen LogP contribution is -2.35. The van der Waals surface area contributed by atoms with Gasteiger partial charge in [0.25, 0.3) is 0 Å². The first-order chi connectivity index (χ1) is 22.9. The minimum atomic E-state index is 0.126. The van der Waals surface area contributed by atoms with Gasteiger partial charge in [0, 0.05) is 50.8 Å². The lowest BCUT2D eigenvalue weighted by Gasteiger charge is -2.17. The molecule has 2 aliphatic heterocycles. The Bertz CT molecular complexity index is 1930. The predicted molar refractivity (Wildman–Crippen MR) is 185 cm³/mol. The number of hydrogen-bond donors (Lipinski definition) is 4. The Morgan fingerprint density at radius 3 is 1.89 bits per heavy atom. The molecule has 2 aliphatic rings. The quantitative estimate of drug-likeness (QED) is 0.163. The molecular weight excluding hydrogens is 586 g/mol. The van der Waals surface area contributed by atoms with E-state index < -0.39 is 0 Å². The molecule has 0 saturated carbocycles. The van der Waals surface area contributed by atoms with Gasteiger partial charge in [-0.1, -0.05) is 60.7 Å². The van der Waals surface area contributed by atoms with Gasteiger partial charge in [-0.05, 0) is 88.9 Å². The number of amides is 2. The molecule has 2 fully saturated rings. The van der Waals surface area contributed by atoms with Gasteiger partial charge in [0.1, 0.15) is 0 Å². The van der Waals surface area contributed by atoms with Crippen LogP contribution in [0.25, 0.3) is 39.0 Å². The average molecular weight is 628 g/mol. The zero-order valence-electron chi connectivity index (χ0n) is 27.0. The summed E-state index contributed by atoms with van der Waals surface area (Å²) in [6.07, 6.45) is 4.98. The number of nitrogens with zero attached hydrogens (tertiary/aromatic N) is 3. The maximum absolute atomic E-state index is 11.5. The Morgan fingerprint density at radius 2 is 1.30 bits per heavy atom. The summed E-state index contributed by atoms with van der Waals surface area (Å²) in [5.41, 5.74) is 11.6. The Hall–Kier alpha value is -4.86. The number of pyridine rings is 1. The third-order valence-corrected chi connectivity index (χ3v) is 9.48. The molecule has 0 bridgehead atoms. The molecule has 4 N–H and O–H groups in total. The average Bonchev–Trinajstić information content (AvgIpc) is 3.81. The molecule has 0 spiro atoms. The van der Waals surface area contributed by atoms with E-state index in [0.29, 0.717) is 25.9 Å². The van der Waals surface area contributed by atoms with Crippen molar-refractivity contribution in [3.8, 4) is 33.4 Å². The number of rotatable bonds is 11. The van der Waals surface area contributed by atoms with E-state index in [1.165, 1.54) is 44.5 Å². The number of carbonyl (C=O) groups is 2. The third-order valence-electron chi connectivity index (χ3n) is 9.48. The maximum Gasteiger partial charge on any atom is 0.220 e. The molecule has 4 heterocycles. The second-order valence-corrected chi connectivity index (χ2v) is 12.8. The SMILES string of the molecule is Cc1c(-c2ccc(CNC[C@@H]3CCC(=O)N3)cc2)cccc1-c1cccc(-c2ccn3nc(CNC[C@@H]4CCC(=O)N4)nc3c2)c1C. The number of hydrogen-bond acceptors (Lipinski definition) is 6. The molecular formula is C38H41N7O2. The fourth-order valence-electron chi connectivity index (χ4n) is 6.86. The van der Waals surface area contributed by atoms with Gasteiger partial charge in [-0.25, -0.2) is 9.50 Å². The van der Waals surface area contributed by atoms with Crippen LogP contribution in [0.1, 0.15) is 48.2 Å². The number of aromatic nitrogens is 3. The van der Waals surface area contributed by atoms with E-state index in [1.54, 1.807) is 0 Å². The lowest BCUT2D eigenvalue weighted by atomic mass is 9.88. The molecule has 3 aromatic carbocycles. The van der Waals surface area contributed by atoms with E-state index in [0.717, 1.165) is 43.0 Å². The molecule has 9 nitrogen and oxygen atoms in total. The summed E-state index contributed by atoms with van der Waals surface area (Å²) in [7, 11) is 0. The zero-order valence-corrected chi connectivity index (χ0v) is 27.0.